The number of halogens is 1. The fraction of sp³-hybridized carbons (Fsp3) is 0.424. The second kappa shape index (κ2) is 12.1. The van der Waals surface area contributed by atoms with Gasteiger partial charge in [0.05, 0.1) is 21.9 Å². The number of hydrogen-bond donors (Lipinski definition) is 0. The van der Waals surface area contributed by atoms with E-state index < -0.39 is 19.2 Å². The van der Waals surface area contributed by atoms with Crippen LogP contribution >= 0.6 is 10.7 Å². The molecule has 0 aliphatic carbocycles. The summed E-state index contributed by atoms with van der Waals surface area (Å²) in [5, 5.41) is 2.83. The maximum Gasteiger partial charge on any atom is 0.229 e. The monoisotopic (exact) mass is 656 g/mol. The van der Waals surface area contributed by atoms with E-state index in [1.807, 2.05) is 0 Å². The molecule has 8 rings (SSSR count). The van der Waals surface area contributed by atoms with Crippen molar-refractivity contribution in [1.82, 2.24) is 4.58 Å². The topological polar surface area (TPSA) is 107 Å². The Balaban J connectivity index is 0.000000301. The number of nitrogens with zero attached hydrogens (tertiary/aromatic N) is 2. The summed E-state index contributed by atoms with van der Waals surface area (Å²) < 4.78 is 55.8. The minimum atomic E-state index is -3.92. The van der Waals surface area contributed by atoms with Crippen LogP contribution in [0.3, 0.4) is 0 Å². The molecule has 0 spiro atoms. The molecule has 0 aromatic heterocycles. The standard InChI is InChI=1S/C31H31N2O.CH3ClO2S.CH4O3S/c1-2-8-20(9-3-1)27-25-18-21-10-4-14-32-16-6-12-23(28(21)32)30(25)34-31-24-13-7-17-33-15-5-11-22(29(24)33)19-26(27)31;2*1-5(2,3)4/h1-3,8-9,18-19H,4-7,10-17H2;1H3;1H3,(H,2,3,4)/q+1;;/p-1. The van der Waals surface area contributed by atoms with Crippen LogP contribution in [-0.2, 0) is 44.9 Å². The Morgan fingerprint density at radius 3 is 2.09 bits per heavy atom. The third-order valence-corrected chi connectivity index (χ3v) is 8.75. The largest absolute Gasteiger partial charge is 0.748 e. The van der Waals surface area contributed by atoms with Crippen molar-refractivity contribution in [1.29, 1.82) is 0 Å². The van der Waals surface area contributed by atoms with Gasteiger partial charge >= 0.3 is 0 Å². The molecule has 5 heterocycles. The van der Waals surface area contributed by atoms with Crippen molar-refractivity contribution in [2.75, 3.05) is 43.6 Å². The zero-order valence-corrected chi connectivity index (χ0v) is 27.5. The van der Waals surface area contributed by atoms with Gasteiger partial charge in [0, 0.05) is 76.0 Å². The highest BCUT2D eigenvalue weighted by Crippen LogP contribution is 2.48. The summed E-state index contributed by atoms with van der Waals surface area (Å²) in [6, 6.07) is 16.1. The van der Waals surface area contributed by atoms with Crippen LogP contribution in [0.15, 0.2) is 42.5 Å². The molecule has 0 radical (unpaired) electrons. The fourth-order valence-electron chi connectivity index (χ4n) is 7.43. The number of aryl methyl sites for hydroxylation is 2. The van der Waals surface area contributed by atoms with Crippen LogP contribution in [0, 0.1) is 0 Å². The van der Waals surface area contributed by atoms with Crippen LogP contribution in [0.2, 0.25) is 0 Å². The number of hydrogen-bond acceptors (Lipinski definition) is 7. The molecule has 0 unspecified atom stereocenters. The molecule has 44 heavy (non-hydrogen) atoms. The SMILES string of the molecule is CS(=O)(=O)Cl.CS(=O)(=O)[O-].c1ccc(C2=c3cc4c5c(c3Oc3c2cc2c6c3CCCN6CCC2)CCC[N+]=5CCC4)cc1. The molecule has 0 N–H and O–H groups in total. The van der Waals surface area contributed by atoms with E-state index in [1.165, 1.54) is 120 Å². The van der Waals surface area contributed by atoms with E-state index in [0.29, 0.717) is 6.26 Å². The smallest absolute Gasteiger partial charge is 0.229 e. The summed E-state index contributed by atoms with van der Waals surface area (Å²) in [7, 11) is -2.61. The Hall–Kier alpha value is -2.92. The summed E-state index contributed by atoms with van der Waals surface area (Å²) in [6.45, 7) is 4.77. The first-order valence-electron chi connectivity index (χ1n) is 15.2. The van der Waals surface area contributed by atoms with Gasteiger partial charge < -0.3 is 14.2 Å². The van der Waals surface area contributed by atoms with Crippen molar-refractivity contribution < 1.29 is 26.1 Å². The molecule has 0 saturated carbocycles. The van der Waals surface area contributed by atoms with Gasteiger partial charge in [-0.3, -0.25) is 0 Å². The minimum Gasteiger partial charge on any atom is -0.748 e. The molecule has 0 bridgehead atoms. The zero-order chi connectivity index (χ0) is 31.2. The zero-order valence-electron chi connectivity index (χ0n) is 25.1. The maximum atomic E-state index is 9.40. The molecule has 5 aliphatic rings. The maximum absolute atomic E-state index is 9.40. The van der Waals surface area contributed by atoms with E-state index in [-0.39, 0.29) is 0 Å². The molecule has 0 saturated heterocycles. The molecule has 8 nitrogen and oxygen atoms in total. The van der Waals surface area contributed by atoms with Gasteiger partial charge in [-0.1, -0.05) is 30.3 Å². The second-order valence-electron chi connectivity index (χ2n) is 12.1. The third-order valence-electron chi connectivity index (χ3n) is 8.75. The lowest BCUT2D eigenvalue weighted by Crippen LogP contribution is -2.45. The van der Waals surface area contributed by atoms with E-state index in [0.717, 1.165) is 30.6 Å². The predicted octanol–water partition coefficient (Wildman–Crippen LogP) is 3.47. The highest BCUT2D eigenvalue weighted by atomic mass is 35.7. The van der Waals surface area contributed by atoms with Crippen LogP contribution < -0.4 is 24.8 Å². The summed E-state index contributed by atoms with van der Waals surface area (Å²) in [4.78, 5) is 2.64. The molecular formula is C33H37ClN2O6S2. The van der Waals surface area contributed by atoms with E-state index in [2.05, 4.69) is 62.6 Å². The van der Waals surface area contributed by atoms with Gasteiger partial charge in [-0.2, -0.15) is 0 Å². The van der Waals surface area contributed by atoms with E-state index >= 15 is 0 Å². The quantitative estimate of drug-likeness (QED) is 0.176. The highest BCUT2D eigenvalue weighted by molar-refractivity contribution is 8.13. The average molecular weight is 657 g/mol. The van der Waals surface area contributed by atoms with E-state index in [1.54, 1.807) is 0 Å². The molecule has 5 aliphatic heterocycles. The molecule has 234 valence electrons. The van der Waals surface area contributed by atoms with Crippen molar-refractivity contribution in [3.63, 3.8) is 0 Å². The van der Waals surface area contributed by atoms with Crippen LogP contribution in [-0.4, -0.2) is 60.1 Å². The van der Waals surface area contributed by atoms with Crippen molar-refractivity contribution in [2.24, 2.45) is 0 Å². The van der Waals surface area contributed by atoms with Crippen LogP contribution in [0.25, 0.3) is 5.57 Å². The van der Waals surface area contributed by atoms with Crippen molar-refractivity contribution in [3.05, 3.63) is 86.4 Å². The first kappa shape index (κ1) is 31.1. The van der Waals surface area contributed by atoms with Gasteiger partial charge in [0.15, 0.2) is 0 Å². The number of anilines is 1. The lowest BCUT2D eigenvalue weighted by molar-refractivity contribution is 0.431. The molecule has 11 heteroatoms. The number of ether oxygens (including phenoxy) is 1. The van der Waals surface area contributed by atoms with Crippen LogP contribution in [0.1, 0.15) is 59.1 Å². The van der Waals surface area contributed by atoms with Gasteiger partial charge in [0.1, 0.15) is 24.6 Å². The minimum absolute atomic E-state index is 0.604. The van der Waals surface area contributed by atoms with Crippen molar-refractivity contribution in [3.8, 4) is 11.5 Å². The summed E-state index contributed by atoms with van der Waals surface area (Å²) >= 11 is 0. The van der Waals surface area contributed by atoms with E-state index in [9.17, 15) is 8.42 Å². The van der Waals surface area contributed by atoms with Crippen molar-refractivity contribution >= 4 is 41.1 Å². The summed E-state index contributed by atoms with van der Waals surface area (Å²) in [5.41, 5.74) is 11.5. The van der Waals surface area contributed by atoms with Gasteiger partial charge in [0.25, 0.3) is 0 Å². The summed E-state index contributed by atoms with van der Waals surface area (Å²) in [6.07, 6.45) is 11.1. The normalized spacial score (nSPS) is 17.8. The van der Waals surface area contributed by atoms with Gasteiger partial charge in [-0.25, -0.2) is 21.4 Å². The molecule has 3 aromatic rings. The molecule has 0 amide bonds. The first-order chi connectivity index (χ1) is 20.9. The Morgan fingerprint density at radius 2 is 1.41 bits per heavy atom. The number of benzene rings is 3. The van der Waals surface area contributed by atoms with Crippen molar-refractivity contribution in [2.45, 2.75) is 51.4 Å². The lowest BCUT2D eigenvalue weighted by atomic mass is 9.83. The third kappa shape index (κ3) is 6.54. The first-order valence-corrected chi connectivity index (χ1v) is 19.7. The second-order valence-corrected chi connectivity index (χ2v) is 16.5. The summed E-state index contributed by atoms with van der Waals surface area (Å²) in [5.74, 6) is 2.31. The highest BCUT2D eigenvalue weighted by Gasteiger charge is 2.35. The molecule has 0 fully saturated rings. The van der Waals surface area contributed by atoms with Gasteiger partial charge in [-0.15, -0.1) is 0 Å². The number of rotatable bonds is 1. The average Bonchev–Trinajstić information content (AvgIpc) is 2.96. The molecule has 3 aromatic carbocycles. The van der Waals surface area contributed by atoms with Gasteiger partial charge in [-0.05, 0) is 61.8 Å². The lowest BCUT2D eigenvalue weighted by Gasteiger charge is -2.39. The fourth-order valence-corrected chi connectivity index (χ4v) is 7.43. The Labute approximate surface area is 263 Å². The molecular weight excluding hydrogens is 620 g/mol. The van der Waals surface area contributed by atoms with E-state index in [4.69, 9.17) is 17.7 Å². The predicted molar refractivity (Wildman–Crippen MR) is 173 cm³/mol. The Bertz CT molecular complexity index is 1920. The van der Waals surface area contributed by atoms with Gasteiger partial charge in [0.2, 0.25) is 14.4 Å². The molecule has 0 atom stereocenters. The number of fused-ring (bicyclic) bond motifs is 4. The van der Waals surface area contributed by atoms with Crippen LogP contribution in [0.5, 0.6) is 11.5 Å². The Kier molecular flexibility index (Phi) is 8.56. The van der Waals surface area contributed by atoms with Crippen LogP contribution in [0.4, 0.5) is 5.69 Å². The Morgan fingerprint density at radius 1 is 0.818 bits per heavy atom.